The number of hydrogen-bond acceptors (Lipinski definition) is 4. The maximum absolute atomic E-state index is 12.9. The summed E-state index contributed by atoms with van der Waals surface area (Å²) in [6, 6.07) is 7.08. The van der Waals surface area contributed by atoms with Crippen molar-refractivity contribution >= 4 is 16.7 Å². The van der Waals surface area contributed by atoms with E-state index in [9.17, 15) is 9.59 Å². The quantitative estimate of drug-likeness (QED) is 0.721. The fraction of sp³-hybridized carbons (Fsp3) is 0.316. The molecule has 1 saturated heterocycles. The van der Waals surface area contributed by atoms with Crippen LogP contribution in [0.3, 0.4) is 0 Å². The molecule has 0 aliphatic carbocycles. The number of benzene rings is 1. The summed E-state index contributed by atoms with van der Waals surface area (Å²) in [4.78, 5) is 26.6. The molecule has 0 radical (unpaired) electrons. The van der Waals surface area contributed by atoms with Crippen molar-refractivity contribution in [1.82, 2.24) is 14.7 Å². The summed E-state index contributed by atoms with van der Waals surface area (Å²) < 4.78 is 6.87. The van der Waals surface area contributed by atoms with E-state index in [1.54, 1.807) is 18.2 Å². The summed E-state index contributed by atoms with van der Waals surface area (Å²) in [6.07, 6.45) is 7.06. The second-order valence-corrected chi connectivity index (χ2v) is 6.50. The Morgan fingerprint density at radius 2 is 1.92 bits per heavy atom. The van der Waals surface area contributed by atoms with E-state index in [0.29, 0.717) is 35.3 Å². The van der Waals surface area contributed by atoms with Gasteiger partial charge in [0.2, 0.25) is 0 Å². The van der Waals surface area contributed by atoms with Gasteiger partial charge in [-0.25, -0.2) is 4.79 Å². The molecule has 1 amide bonds. The minimum absolute atomic E-state index is 0.0791. The Labute approximate surface area is 144 Å². The monoisotopic (exact) mass is 337 g/mol. The average molecular weight is 337 g/mol. The zero-order chi connectivity index (χ0) is 17.4. The summed E-state index contributed by atoms with van der Waals surface area (Å²) in [7, 11) is 1.91. The van der Waals surface area contributed by atoms with Crippen LogP contribution in [0.4, 0.5) is 0 Å². The first-order valence-corrected chi connectivity index (χ1v) is 8.42. The van der Waals surface area contributed by atoms with Gasteiger partial charge in [0.25, 0.3) is 5.91 Å². The highest BCUT2D eigenvalue weighted by molar-refractivity contribution is 6.06. The van der Waals surface area contributed by atoms with Crippen molar-refractivity contribution in [2.45, 2.75) is 18.8 Å². The molecule has 6 nitrogen and oxygen atoms in total. The van der Waals surface area contributed by atoms with Gasteiger partial charge in [-0.2, -0.15) is 5.10 Å². The van der Waals surface area contributed by atoms with Crippen molar-refractivity contribution in [3.05, 3.63) is 64.5 Å². The molecule has 0 N–H and O–H groups in total. The second kappa shape index (κ2) is 6.20. The summed E-state index contributed by atoms with van der Waals surface area (Å²) in [5.74, 6) is 0.354. The summed E-state index contributed by atoms with van der Waals surface area (Å²) in [6.45, 7) is 1.37. The van der Waals surface area contributed by atoms with Gasteiger partial charge in [0.15, 0.2) is 0 Å². The predicted octanol–water partition coefficient (Wildman–Crippen LogP) is 2.55. The third-order valence-corrected chi connectivity index (χ3v) is 4.93. The van der Waals surface area contributed by atoms with E-state index in [1.165, 1.54) is 11.8 Å². The number of amides is 1. The van der Waals surface area contributed by atoms with Crippen molar-refractivity contribution in [3.63, 3.8) is 0 Å². The first-order chi connectivity index (χ1) is 12.1. The first-order valence-electron chi connectivity index (χ1n) is 8.42. The number of piperidine rings is 1. The fourth-order valence-electron chi connectivity index (χ4n) is 3.54. The van der Waals surface area contributed by atoms with Gasteiger partial charge in [-0.15, -0.1) is 0 Å². The first kappa shape index (κ1) is 15.6. The molecule has 25 heavy (non-hydrogen) atoms. The number of rotatable bonds is 2. The molecule has 0 bridgehead atoms. The van der Waals surface area contributed by atoms with Crippen molar-refractivity contribution in [1.29, 1.82) is 0 Å². The van der Waals surface area contributed by atoms with Crippen LogP contribution in [0, 0.1) is 0 Å². The average Bonchev–Trinajstić information content (AvgIpc) is 3.08. The topological polar surface area (TPSA) is 68.3 Å². The highest BCUT2D eigenvalue weighted by atomic mass is 16.4. The van der Waals surface area contributed by atoms with Crippen LogP contribution < -0.4 is 5.63 Å². The summed E-state index contributed by atoms with van der Waals surface area (Å²) in [5, 5.41) is 5.32. The van der Waals surface area contributed by atoms with E-state index in [4.69, 9.17) is 4.42 Å². The Bertz CT molecular complexity index is 981. The van der Waals surface area contributed by atoms with Crippen LogP contribution in [0.15, 0.2) is 52.1 Å². The largest absolute Gasteiger partial charge is 0.430 e. The SMILES string of the molecule is Cn1cc(C2CCN(C(=O)c3coc(=O)c4ccccc34)CC2)cn1. The Morgan fingerprint density at radius 3 is 2.60 bits per heavy atom. The summed E-state index contributed by atoms with van der Waals surface area (Å²) in [5.41, 5.74) is 1.27. The van der Waals surface area contributed by atoms with E-state index in [2.05, 4.69) is 5.10 Å². The molecule has 128 valence electrons. The molecule has 3 aromatic rings. The Balaban J connectivity index is 1.55. The number of likely N-dealkylation sites (tertiary alicyclic amines) is 1. The van der Waals surface area contributed by atoms with Crippen LogP contribution in [-0.4, -0.2) is 33.7 Å². The number of nitrogens with zero attached hydrogens (tertiary/aromatic N) is 3. The van der Waals surface area contributed by atoms with Crippen LogP contribution >= 0.6 is 0 Å². The maximum atomic E-state index is 12.9. The molecule has 1 aliphatic heterocycles. The lowest BCUT2D eigenvalue weighted by Gasteiger charge is -2.31. The van der Waals surface area contributed by atoms with Crippen LogP contribution in [-0.2, 0) is 7.05 Å². The van der Waals surface area contributed by atoms with Crippen molar-refractivity contribution in [2.24, 2.45) is 7.05 Å². The van der Waals surface area contributed by atoms with Crippen LogP contribution in [0.25, 0.3) is 10.8 Å². The van der Waals surface area contributed by atoms with E-state index < -0.39 is 5.63 Å². The molecule has 1 fully saturated rings. The van der Waals surface area contributed by atoms with Crippen LogP contribution in [0.5, 0.6) is 0 Å². The Kier molecular flexibility index (Phi) is 3.87. The van der Waals surface area contributed by atoms with Crippen molar-refractivity contribution in [3.8, 4) is 0 Å². The predicted molar refractivity (Wildman–Crippen MR) is 93.6 cm³/mol. The molecule has 0 unspecified atom stereocenters. The summed E-state index contributed by atoms with van der Waals surface area (Å²) >= 11 is 0. The third-order valence-electron chi connectivity index (χ3n) is 4.93. The van der Waals surface area contributed by atoms with Gasteiger partial charge >= 0.3 is 5.63 Å². The molecule has 1 aromatic carbocycles. The van der Waals surface area contributed by atoms with Crippen molar-refractivity contribution < 1.29 is 9.21 Å². The molecule has 4 rings (SSSR count). The molecule has 0 atom stereocenters. The lowest BCUT2D eigenvalue weighted by atomic mass is 9.91. The minimum atomic E-state index is -0.414. The molecular weight excluding hydrogens is 318 g/mol. The molecule has 3 heterocycles. The van der Waals surface area contributed by atoms with E-state index in [-0.39, 0.29) is 5.91 Å². The van der Waals surface area contributed by atoms with Gasteiger partial charge in [-0.05, 0) is 30.4 Å². The van der Waals surface area contributed by atoms with Gasteiger partial charge < -0.3 is 9.32 Å². The number of fused-ring (bicyclic) bond motifs is 1. The molecule has 2 aromatic heterocycles. The molecule has 0 spiro atoms. The smallest absolute Gasteiger partial charge is 0.343 e. The standard InChI is InChI=1S/C19H19N3O3/c1-21-11-14(10-20-21)13-6-8-22(9-7-13)18(23)17-12-25-19(24)16-5-3-2-4-15(16)17/h2-5,10-13H,6-9H2,1H3. The van der Waals surface area contributed by atoms with E-state index >= 15 is 0 Å². The highest BCUT2D eigenvalue weighted by Gasteiger charge is 2.26. The van der Waals surface area contributed by atoms with Gasteiger partial charge in [-0.1, -0.05) is 18.2 Å². The Morgan fingerprint density at radius 1 is 1.20 bits per heavy atom. The molecule has 0 saturated carbocycles. The zero-order valence-corrected chi connectivity index (χ0v) is 14.0. The van der Waals surface area contributed by atoms with Crippen LogP contribution in [0.2, 0.25) is 0 Å². The van der Waals surface area contributed by atoms with Gasteiger partial charge in [0.1, 0.15) is 6.26 Å². The molecular formula is C19H19N3O3. The fourth-order valence-corrected chi connectivity index (χ4v) is 3.54. The number of aryl methyl sites for hydroxylation is 1. The van der Waals surface area contributed by atoms with E-state index in [0.717, 1.165) is 12.8 Å². The number of carbonyl (C=O) groups excluding carboxylic acids is 1. The second-order valence-electron chi connectivity index (χ2n) is 6.50. The van der Waals surface area contributed by atoms with Crippen molar-refractivity contribution in [2.75, 3.05) is 13.1 Å². The highest BCUT2D eigenvalue weighted by Crippen LogP contribution is 2.29. The lowest BCUT2D eigenvalue weighted by molar-refractivity contribution is 0.0712. The molecule has 6 heteroatoms. The van der Waals surface area contributed by atoms with E-state index in [1.807, 2.05) is 35.1 Å². The maximum Gasteiger partial charge on any atom is 0.343 e. The Hall–Kier alpha value is -2.89. The van der Waals surface area contributed by atoms with Gasteiger partial charge in [-0.3, -0.25) is 9.48 Å². The zero-order valence-electron chi connectivity index (χ0n) is 14.0. The normalized spacial score (nSPS) is 15.6. The number of carbonyl (C=O) groups is 1. The lowest BCUT2D eigenvalue weighted by Crippen LogP contribution is -2.38. The number of aromatic nitrogens is 2. The van der Waals surface area contributed by atoms with Crippen LogP contribution in [0.1, 0.15) is 34.7 Å². The molecule has 1 aliphatic rings. The van der Waals surface area contributed by atoms with Gasteiger partial charge in [0.05, 0.1) is 17.1 Å². The third kappa shape index (κ3) is 2.84. The minimum Gasteiger partial charge on any atom is -0.430 e. The van der Waals surface area contributed by atoms with Gasteiger partial charge in [0, 0.05) is 31.7 Å². The number of hydrogen-bond donors (Lipinski definition) is 0.